The zero-order valence-corrected chi connectivity index (χ0v) is 7.11. The third-order valence-corrected chi connectivity index (χ3v) is 1.45. The molecule has 0 fully saturated rings. The minimum Gasteiger partial charge on any atom is -0.507 e. The highest BCUT2D eigenvalue weighted by Gasteiger charge is 1.99. The van der Waals surface area contributed by atoms with E-state index in [1.54, 1.807) is 0 Å². The zero-order valence-electron chi connectivity index (χ0n) is 7.11. The number of phenolic OH excluding ortho intramolecular Hbond substituents is 1. The summed E-state index contributed by atoms with van der Waals surface area (Å²) in [6.45, 7) is 0. The summed E-state index contributed by atoms with van der Waals surface area (Å²) >= 11 is 0. The van der Waals surface area contributed by atoms with Gasteiger partial charge in [-0.25, -0.2) is 0 Å². The minimum absolute atomic E-state index is 0.0854. The standard InChI is InChI=1S/C10H6N2O2/c11-6-7-1-3-9(13)8(5-7)2-4-10(12)14/h1,3,5,13H,(H2,12,14). The van der Waals surface area contributed by atoms with Crippen molar-refractivity contribution in [3.05, 3.63) is 29.3 Å². The second-order valence-electron chi connectivity index (χ2n) is 2.46. The van der Waals surface area contributed by atoms with E-state index in [9.17, 15) is 9.90 Å². The van der Waals surface area contributed by atoms with Gasteiger partial charge < -0.3 is 10.8 Å². The zero-order chi connectivity index (χ0) is 10.6. The number of nitrogens with two attached hydrogens (primary N) is 1. The van der Waals surface area contributed by atoms with Crippen LogP contribution in [-0.2, 0) is 4.79 Å². The SMILES string of the molecule is N#Cc1ccc(O)c(C#CC(N)=O)c1. The van der Waals surface area contributed by atoms with Crippen LogP contribution in [0.15, 0.2) is 18.2 Å². The summed E-state index contributed by atoms with van der Waals surface area (Å²) in [5.41, 5.74) is 5.37. The van der Waals surface area contributed by atoms with Crippen LogP contribution in [0.2, 0.25) is 0 Å². The fourth-order valence-corrected chi connectivity index (χ4v) is 0.835. The lowest BCUT2D eigenvalue weighted by molar-refractivity contribution is -0.112. The summed E-state index contributed by atoms with van der Waals surface area (Å²) in [6.07, 6.45) is 0. The van der Waals surface area contributed by atoms with Crippen LogP contribution in [0.1, 0.15) is 11.1 Å². The van der Waals surface area contributed by atoms with E-state index < -0.39 is 5.91 Å². The van der Waals surface area contributed by atoms with E-state index in [-0.39, 0.29) is 11.3 Å². The van der Waals surface area contributed by atoms with E-state index in [1.165, 1.54) is 18.2 Å². The van der Waals surface area contributed by atoms with Gasteiger partial charge in [0.2, 0.25) is 0 Å². The molecule has 1 amide bonds. The maximum Gasteiger partial charge on any atom is 0.293 e. The predicted octanol–water partition coefficient (Wildman–Crippen LogP) is 0.101. The Hall–Kier alpha value is -2.46. The molecule has 0 saturated carbocycles. The average molecular weight is 186 g/mol. The largest absolute Gasteiger partial charge is 0.507 e. The Labute approximate surface area is 80.6 Å². The highest BCUT2D eigenvalue weighted by atomic mass is 16.3. The number of aromatic hydroxyl groups is 1. The van der Waals surface area contributed by atoms with Gasteiger partial charge in [-0.05, 0) is 18.2 Å². The molecule has 0 aromatic heterocycles. The number of carbonyl (C=O) groups is 1. The van der Waals surface area contributed by atoms with Gasteiger partial charge in [-0.2, -0.15) is 5.26 Å². The van der Waals surface area contributed by atoms with Gasteiger partial charge in [-0.3, -0.25) is 4.79 Å². The van der Waals surface area contributed by atoms with Crippen LogP contribution < -0.4 is 5.73 Å². The van der Waals surface area contributed by atoms with Crippen LogP contribution in [0.4, 0.5) is 0 Å². The molecule has 0 heterocycles. The quantitative estimate of drug-likeness (QED) is 0.563. The fourth-order valence-electron chi connectivity index (χ4n) is 0.835. The van der Waals surface area contributed by atoms with Crippen LogP contribution in [0.25, 0.3) is 0 Å². The highest BCUT2D eigenvalue weighted by molar-refractivity contribution is 5.92. The van der Waals surface area contributed by atoms with Gasteiger partial charge in [0.25, 0.3) is 5.91 Å². The number of hydrogen-bond acceptors (Lipinski definition) is 3. The first-order chi connectivity index (χ1) is 6.63. The Morgan fingerprint density at radius 2 is 2.21 bits per heavy atom. The Kier molecular flexibility index (Phi) is 2.73. The normalized spacial score (nSPS) is 8.21. The molecular weight excluding hydrogens is 180 g/mol. The first-order valence-electron chi connectivity index (χ1n) is 3.68. The summed E-state index contributed by atoms with van der Waals surface area (Å²) in [5.74, 6) is 3.56. The molecule has 0 aliphatic heterocycles. The molecule has 3 N–H and O–H groups in total. The molecule has 4 nitrogen and oxygen atoms in total. The molecular formula is C10H6N2O2. The first kappa shape index (κ1) is 9.63. The molecule has 0 radical (unpaired) electrons. The summed E-state index contributed by atoms with van der Waals surface area (Å²) in [4.78, 5) is 10.3. The Morgan fingerprint density at radius 3 is 2.79 bits per heavy atom. The van der Waals surface area contributed by atoms with Crippen molar-refractivity contribution in [2.45, 2.75) is 0 Å². The van der Waals surface area contributed by atoms with Crippen molar-refractivity contribution in [1.82, 2.24) is 0 Å². The lowest BCUT2D eigenvalue weighted by Crippen LogP contribution is -2.06. The van der Waals surface area contributed by atoms with Crippen LogP contribution in [0, 0.1) is 23.2 Å². The average Bonchev–Trinajstić information content (AvgIpc) is 2.16. The van der Waals surface area contributed by atoms with Crippen LogP contribution in [-0.4, -0.2) is 11.0 Å². The van der Waals surface area contributed by atoms with Crippen molar-refractivity contribution < 1.29 is 9.90 Å². The number of rotatable bonds is 0. The Bertz CT molecular complexity index is 475. The van der Waals surface area contributed by atoms with Crippen LogP contribution in [0.3, 0.4) is 0 Å². The predicted molar refractivity (Wildman–Crippen MR) is 48.9 cm³/mol. The highest BCUT2D eigenvalue weighted by Crippen LogP contribution is 2.16. The summed E-state index contributed by atoms with van der Waals surface area (Å²) in [5, 5.41) is 17.8. The van der Waals surface area contributed by atoms with Gasteiger partial charge in [0, 0.05) is 5.92 Å². The molecule has 0 aliphatic rings. The molecule has 14 heavy (non-hydrogen) atoms. The second-order valence-corrected chi connectivity index (χ2v) is 2.46. The molecule has 0 unspecified atom stereocenters. The van der Waals surface area contributed by atoms with Crippen molar-refractivity contribution >= 4 is 5.91 Å². The Balaban J connectivity index is 3.17. The maximum absolute atomic E-state index is 10.3. The van der Waals surface area contributed by atoms with Gasteiger partial charge in [0.05, 0.1) is 17.2 Å². The molecule has 1 rings (SSSR count). The molecule has 0 aliphatic carbocycles. The van der Waals surface area contributed by atoms with Crippen molar-refractivity contribution in [2.75, 3.05) is 0 Å². The van der Waals surface area contributed by atoms with Crippen molar-refractivity contribution in [3.8, 4) is 23.7 Å². The lowest BCUT2D eigenvalue weighted by Gasteiger charge is -1.95. The fraction of sp³-hybridized carbons (Fsp3) is 0. The van der Waals surface area contributed by atoms with E-state index in [1.807, 2.05) is 6.07 Å². The summed E-state index contributed by atoms with van der Waals surface area (Å²) < 4.78 is 0. The molecule has 4 heteroatoms. The van der Waals surface area contributed by atoms with Gasteiger partial charge in [0.15, 0.2) is 0 Å². The number of benzene rings is 1. The molecule has 0 saturated heterocycles. The summed E-state index contributed by atoms with van der Waals surface area (Å²) in [7, 11) is 0. The minimum atomic E-state index is -0.785. The number of nitriles is 1. The number of phenols is 1. The van der Waals surface area contributed by atoms with E-state index in [4.69, 9.17) is 11.0 Å². The maximum atomic E-state index is 10.3. The number of nitrogens with zero attached hydrogens (tertiary/aromatic N) is 1. The monoisotopic (exact) mass is 186 g/mol. The van der Waals surface area contributed by atoms with E-state index in [0.717, 1.165) is 0 Å². The number of amides is 1. The van der Waals surface area contributed by atoms with Crippen LogP contribution >= 0.6 is 0 Å². The molecule has 1 aromatic rings. The smallest absolute Gasteiger partial charge is 0.293 e. The van der Waals surface area contributed by atoms with Crippen molar-refractivity contribution in [3.63, 3.8) is 0 Å². The molecule has 0 spiro atoms. The number of carbonyl (C=O) groups excluding carboxylic acids is 1. The second kappa shape index (κ2) is 3.97. The summed E-state index contributed by atoms with van der Waals surface area (Å²) in [6, 6.07) is 6.05. The van der Waals surface area contributed by atoms with E-state index >= 15 is 0 Å². The molecule has 1 aromatic carbocycles. The van der Waals surface area contributed by atoms with Gasteiger partial charge in [-0.1, -0.05) is 5.92 Å². The van der Waals surface area contributed by atoms with Gasteiger partial charge >= 0.3 is 0 Å². The van der Waals surface area contributed by atoms with Crippen LogP contribution in [0.5, 0.6) is 5.75 Å². The topological polar surface area (TPSA) is 87.1 Å². The van der Waals surface area contributed by atoms with E-state index in [2.05, 4.69) is 11.8 Å². The third kappa shape index (κ3) is 2.26. The van der Waals surface area contributed by atoms with Gasteiger partial charge in [-0.15, -0.1) is 0 Å². The van der Waals surface area contributed by atoms with E-state index in [0.29, 0.717) is 5.56 Å². The lowest BCUT2D eigenvalue weighted by atomic mass is 10.1. The third-order valence-electron chi connectivity index (χ3n) is 1.45. The van der Waals surface area contributed by atoms with Crippen molar-refractivity contribution in [2.24, 2.45) is 5.73 Å². The van der Waals surface area contributed by atoms with Crippen molar-refractivity contribution in [1.29, 1.82) is 5.26 Å². The Morgan fingerprint density at radius 1 is 1.50 bits per heavy atom. The number of hydrogen-bond donors (Lipinski definition) is 2. The first-order valence-corrected chi connectivity index (χ1v) is 3.68. The molecule has 0 bridgehead atoms. The molecule has 68 valence electrons. The number of primary amides is 1. The van der Waals surface area contributed by atoms with Gasteiger partial charge in [0.1, 0.15) is 5.75 Å². The molecule has 0 atom stereocenters.